The number of hydrogen-bond acceptors (Lipinski definition) is 2. The van der Waals surface area contributed by atoms with Crippen LogP contribution in [-0.4, -0.2) is 10.2 Å². The maximum Gasteiger partial charge on any atom is 0.119 e. The molecule has 0 bridgehead atoms. The Morgan fingerprint density at radius 1 is 0.615 bits per heavy atom. The molecule has 142 valence electrons. The molecule has 0 amide bonds. The minimum atomic E-state index is -0.0461. The first-order chi connectivity index (χ1) is 12.0. The van der Waals surface area contributed by atoms with E-state index in [2.05, 4.69) is 53.7 Å². The molecule has 0 unspecified atom stereocenters. The van der Waals surface area contributed by atoms with Crippen LogP contribution in [0.2, 0.25) is 0 Å². The lowest BCUT2D eigenvalue weighted by Crippen LogP contribution is -2.12. The van der Waals surface area contributed by atoms with Crippen LogP contribution in [0.25, 0.3) is 0 Å². The highest BCUT2D eigenvalue weighted by atomic mass is 16.3. The summed E-state index contributed by atoms with van der Waals surface area (Å²) in [6, 6.07) is 12.0. The number of phenolic OH excluding ortho intramolecular Hbond substituents is 2. The third kappa shape index (κ3) is 5.27. The van der Waals surface area contributed by atoms with Crippen LogP contribution in [-0.2, 0) is 23.7 Å². The second-order valence-corrected chi connectivity index (χ2v) is 9.41. The van der Waals surface area contributed by atoms with E-state index in [-0.39, 0.29) is 10.8 Å². The number of unbranched alkanes of at least 4 members (excludes halogenated alkanes) is 1. The first-order valence-corrected chi connectivity index (χ1v) is 9.63. The fourth-order valence-electron chi connectivity index (χ4n) is 3.34. The van der Waals surface area contributed by atoms with Crippen LogP contribution >= 0.6 is 0 Å². The van der Waals surface area contributed by atoms with Gasteiger partial charge in [0, 0.05) is 0 Å². The third-order valence-corrected chi connectivity index (χ3v) is 4.92. The Balaban J connectivity index is 1.96. The molecule has 0 saturated heterocycles. The van der Waals surface area contributed by atoms with Crippen LogP contribution in [0.5, 0.6) is 11.5 Å². The number of aromatic hydroxyl groups is 2. The predicted octanol–water partition coefficient (Wildman–Crippen LogP) is 6.26. The molecule has 2 nitrogen and oxygen atoms in total. The smallest absolute Gasteiger partial charge is 0.119 e. The van der Waals surface area contributed by atoms with Gasteiger partial charge in [-0.15, -0.1) is 0 Å². The van der Waals surface area contributed by atoms with Crippen molar-refractivity contribution in [2.24, 2.45) is 0 Å². The number of phenols is 2. The molecule has 26 heavy (non-hydrogen) atoms. The van der Waals surface area contributed by atoms with Crippen molar-refractivity contribution in [3.8, 4) is 11.5 Å². The van der Waals surface area contributed by atoms with Crippen LogP contribution in [0.4, 0.5) is 0 Å². The molecule has 0 heterocycles. The lowest BCUT2D eigenvalue weighted by atomic mass is 9.84. The lowest BCUT2D eigenvalue weighted by Gasteiger charge is -2.21. The summed E-state index contributed by atoms with van der Waals surface area (Å²) >= 11 is 0. The van der Waals surface area contributed by atoms with Gasteiger partial charge in [0.2, 0.25) is 0 Å². The summed E-state index contributed by atoms with van der Waals surface area (Å²) in [6.45, 7) is 12.8. The quantitative estimate of drug-likeness (QED) is 0.622. The average molecular weight is 355 g/mol. The molecule has 0 aliphatic carbocycles. The van der Waals surface area contributed by atoms with Gasteiger partial charge in [0.25, 0.3) is 0 Å². The third-order valence-electron chi connectivity index (χ3n) is 4.92. The van der Waals surface area contributed by atoms with Gasteiger partial charge < -0.3 is 10.2 Å². The number of hydrogen-bond donors (Lipinski definition) is 2. The van der Waals surface area contributed by atoms with Gasteiger partial charge in [0.1, 0.15) is 11.5 Å². The fraction of sp³-hybridized carbons (Fsp3) is 0.500. The zero-order chi connectivity index (χ0) is 19.5. The molecular formula is C24H34O2. The summed E-state index contributed by atoms with van der Waals surface area (Å²) in [6.07, 6.45) is 4.27. The van der Waals surface area contributed by atoms with Gasteiger partial charge in [-0.2, -0.15) is 0 Å². The van der Waals surface area contributed by atoms with Gasteiger partial charge in [-0.3, -0.25) is 0 Å². The minimum absolute atomic E-state index is 0.0461. The standard InChI is InChI=1S/C24H34O2/c1-23(2,3)19-15-17(11-13-21(19)25)9-7-8-10-18-12-14-22(26)20(16-18)24(4,5)6/h11-16,25-26H,7-10H2,1-6H3. The van der Waals surface area contributed by atoms with Gasteiger partial charge in [0.15, 0.2) is 0 Å². The summed E-state index contributed by atoms with van der Waals surface area (Å²) in [4.78, 5) is 0. The van der Waals surface area contributed by atoms with Crippen LogP contribution in [0, 0.1) is 0 Å². The monoisotopic (exact) mass is 354 g/mol. The van der Waals surface area contributed by atoms with Crippen LogP contribution in [0.15, 0.2) is 36.4 Å². The molecule has 2 aromatic rings. The molecule has 0 aliphatic heterocycles. The van der Waals surface area contributed by atoms with E-state index in [1.807, 2.05) is 24.3 Å². The first-order valence-electron chi connectivity index (χ1n) is 9.63. The van der Waals surface area contributed by atoms with Crippen molar-refractivity contribution in [1.82, 2.24) is 0 Å². The Labute approximate surface area is 158 Å². The van der Waals surface area contributed by atoms with Crippen molar-refractivity contribution in [2.45, 2.75) is 78.1 Å². The number of aryl methyl sites for hydroxylation is 2. The summed E-state index contributed by atoms with van der Waals surface area (Å²) in [5, 5.41) is 20.2. The van der Waals surface area contributed by atoms with Crippen molar-refractivity contribution in [2.75, 3.05) is 0 Å². The predicted molar refractivity (Wildman–Crippen MR) is 110 cm³/mol. The van der Waals surface area contributed by atoms with Crippen molar-refractivity contribution in [3.05, 3.63) is 58.7 Å². The molecule has 2 aromatic carbocycles. The van der Waals surface area contributed by atoms with Gasteiger partial charge in [-0.25, -0.2) is 0 Å². The van der Waals surface area contributed by atoms with E-state index < -0.39 is 0 Å². The second-order valence-electron chi connectivity index (χ2n) is 9.41. The maximum absolute atomic E-state index is 10.1. The zero-order valence-corrected chi connectivity index (χ0v) is 17.2. The summed E-state index contributed by atoms with van der Waals surface area (Å²) in [7, 11) is 0. The highest BCUT2D eigenvalue weighted by molar-refractivity contribution is 5.41. The Hall–Kier alpha value is -1.96. The molecule has 2 rings (SSSR count). The number of rotatable bonds is 5. The van der Waals surface area contributed by atoms with E-state index >= 15 is 0 Å². The molecule has 0 fully saturated rings. The molecular weight excluding hydrogens is 320 g/mol. The SMILES string of the molecule is CC(C)(C)c1cc(CCCCc2ccc(O)c(C(C)(C)C)c2)ccc1O. The first kappa shape index (κ1) is 20.4. The van der Waals surface area contributed by atoms with Crippen LogP contribution in [0.1, 0.15) is 76.6 Å². The largest absolute Gasteiger partial charge is 0.508 e. The summed E-state index contributed by atoms with van der Waals surface area (Å²) in [5.41, 5.74) is 4.51. The zero-order valence-electron chi connectivity index (χ0n) is 17.2. The van der Waals surface area contributed by atoms with E-state index in [1.54, 1.807) is 0 Å². The molecule has 0 aliphatic rings. The van der Waals surface area contributed by atoms with E-state index in [0.717, 1.165) is 36.8 Å². The van der Waals surface area contributed by atoms with Crippen LogP contribution < -0.4 is 0 Å². The summed E-state index contributed by atoms with van der Waals surface area (Å²) in [5.74, 6) is 0.778. The Morgan fingerprint density at radius 2 is 0.962 bits per heavy atom. The Bertz CT molecular complexity index is 680. The van der Waals surface area contributed by atoms with E-state index in [4.69, 9.17) is 0 Å². The molecule has 0 aromatic heterocycles. The van der Waals surface area contributed by atoms with E-state index in [0.29, 0.717) is 11.5 Å². The van der Waals surface area contributed by atoms with Gasteiger partial charge in [0.05, 0.1) is 0 Å². The maximum atomic E-state index is 10.1. The van der Waals surface area contributed by atoms with Crippen molar-refractivity contribution in [1.29, 1.82) is 0 Å². The van der Waals surface area contributed by atoms with Gasteiger partial charge in [-0.05, 0) is 70.9 Å². The number of benzene rings is 2. The molecule has 0 radical (unpaired) electrons. The molecule has 0 atom stereocenters. The van der Waals surface area contributed by atoms with Crippen molar-refractivity contribution >= 4 is 0 Å². The topological polar surface area (TPSA) is 40.5 Å². The van der Waals surface area contributed by atoms with Crippen molar-refractivity contribution < 1.29 is 10.2 Å². The normalized spacial score (nSPS) is 12.4. The molecule has 2 N–H and O–H groups in total. The average Bonchev–Trinajstić information content (AvgIpc) is 2.52. The van der Waals surface area contributed by atoms with Crippen molar-refractivity contribution in [3.63, 3.8) is 0 Å². The Morgan fingerprint density at radius 3 is 1.27 bits per heavy atom. The molecule has 0 saturated carbocycles. The lowest BCUT2D eigenvalue weighted by molar-refractivity contribution is 0.445. The van der Waals surface area contributed by atoms with Gasteiger partial charge >= 0.3 is 0 Å². The minimum Gasteiger partial charge on any atom is -0.508 e. The Kier molecular flexibility index (Phi) is 6.05. The highest BCUT2D eigenvalue weighted by Gasteiger charge is 2.19. The van der Waals surface area contributed by atoms with Gasteiger partial charge in [-0.1, -0.05) is 65.8 Å². The highest BCUT2D eigenvalue weighted by Crippen LogP contribution is 2.33. The second kappa shape index (κ2) is 7.73. The molecule has 2 heteroatoms. The molecule has 0 spiro atoms. The summed E-state index contributed by atoms with van der Waals surface area (Å²) < 4.78 is 0. The van der Waals surface area contributed by atoms with E-state index in [1.165, 1.54) is 11.1 Å². The van der Waals surface area contributed by atoms with Crippen LogP contribution in [0.3, 0.4) is 0 Å². The fourth-order valence-corrected chi connectivity index (χ4v) is 3.34. The van der Waals surface area contributed by atoms with E-state index in [9.17, 15) is 10.2 Å².